The van der Waals surface area contributed by atoms with Gasteiger partial charge in [0.2, 0.25) is 0 Å². The maximum Gasteiger partial charge on any atom is 0.0205 e. The van der Waals surface area contributed by atoms with Crippen LogP contribution in [0.5, 0.6) is 0 Å². The second kappa shape index (κ2) is 18.2. The van der Waals surface area contributed by atoms with E-state index in [-0.39, 0.29) is 24.8 Å². The van der Waals surface area contributed by atoms with Gasteiger partial charge in [-0.15, -0.1) is 24.8 Å². The molecule has 0 radical (unpaired) electrons. The molecule has 2 aromatic carbocycles. The quantitative estimate of drug-likeness (QED) is 0.272. The number of halogens is 2. The van der Waals surface area contributed by atoms with Crippen molar-refractivity contribution in [2.75, 3.05) is 13.1 Å². The third-order valence-electron chi connectivity index (χ3n) is 7.10. The molecule has 3 rings (SSSR count). The molecule has 1 aliphatic carbocycles. The molecule has 2 atom stereocenters. The second-order valence-corrected chi connectivity index (χ2v) is 10.0. The van der Waals surface area contributed by atoms with Gasteiger partial charge in [-0.3, -0.25) is 0 Å². The number of aryl methyl sites for hydroxylation is 2. The van der Waals surface area contributed by atoms with Crippen molar-refractivity contribution < 1.29 is 0 Å². The van der Waals surface area contributed by atoms with E-state index in [9.17, 15) is 0 Å². The van der Waals surface area contributed by atoms with Gasteiger partial charge in [0.15, 0.2) is 0 Å². The zero-order valence-electron chi connectivity index (χ0n) is 21.5. The third-order valence-corrected chi connectivity index (χ3v) is 7.10. The average Bonchev–Trinajstić information content (AvgIpc) is 2.83. The van der Waals surface area contributed by atoms with Gasteiger partial charge in [-0.1, -0.05) is 81.6 Å². The molecule has 0 aromatic heterocycles. The highest BCUT2D eigenvalue weighted by atomic mass is 35.5. The van der Waals surface area contributed by atoms with Crippen molar-refractivity contribution in [1.82, 2.24) is 10.6 Å². The first-order valence-corrected chi connectivity index (χ1v) is 13.3. The number of hydrogen-bond donors (Lipinski definition) is 2. The first kappa shape index (κ1) is 31.0. The fraction of sp³-hybridized carbons (Fsp3) is 0.600. The molecule has 34 heavy (non-hydrogen) atoms. The maximum absolute atomic E-state index is 3.74. The highest BCUT2D eigenvalue weighted by molar-refractivity contribution is 5.85. The lowest BCUT2D eigenvalue weighted by molar-refractivity contribution is 0.252. The Bertz CT molecular complexity index is 682. The first-order chi connectivity index (χ1) is 15.8. The van der Waals surface area contributed by atoms with E-state index in [1.54, 1.807) is 0 Å². The second-order valence-electron chi connectivity index (χ2n) is 10.0. The molecule has 2 aromatic rings. The molecule has 2 N–H and O–H groups in total. The van der Waals surface area contributed by atoms with Crippen LogP contribution in [0.4, 0.5) is 0 Å². The molecule has 1 aliphatic rings. The molecule has 1 saturated carbocycles. The van der Waals surface area contributed by atoms with Crippen molar-refractivity contribution in [1.29, 1.82) is 0 Å². The monoisotopic (exact) mass is 506 g/mol. The fourth-order valence-electron chi connectivity index (χ4n) is 5.02. The van der Waals surface area contributed by atoms with Crippen molar-refractivity contribution >= 4 is 24.8 Å². The summed E-state index contributed by atoms with van der Waals surface area (Å²) in [4.78, 5) is 0. The van der Waals surface area contributed by atoms with Crippen molar-refractivity contribution in [2.45, 2.75) is 91.1 Å². The summed E-state index contributed by atoms with van der Waals surface area (Å²) in [7, 11) is 0. The zero-order valence-corrected chi connectivity index (χ0v) is 23.1. The average molecular weight is 508 g/mol. The van der Waals surface area contributed by atoms with Crippen molar-refractivity contribution in [3.63, 3.8) is 0 Å². The number of unbranched alkanes of at least 4 members (excludes halogenated alkanes) is 2. The molecule has 2 unspecified atom stereocenters. The number of rotatable bonds is 14. The van der Waals surface area contributed by atoms with Gasteiger partial charge in [-0.2, -0.15) is 0 Å². The standard InChI is InChI=1S/C30H46N2.2ClH/c1-3-5-8-25-12-16-27(17-13-25)21-31-23-29-10-7-11-30(20-29)24-32-22-28-18-14-26(15-19-28)9-6-4-2;;/h12-19,29-32H,3-11,20-24H2,1-2H3;2*1H. The molecule has 0 bridgehead atoms. The van der Waals surface area contributed by atoms with Crippen molar-refractivity contribution in [3.8, 4) is 0 Å². The van der Waals surface area contributed by atoms with E-state index >= 15 is 0 Å². The van der Waals surface area contributed by atoms with Gasteiger partial charge in [0.25, 0.3) is 0 Å². The topological polar surface area (TPSA) is 24.1 Å². The summed E-state index contributed by atoms with van der Waals surface area (Å²) < 4.78 is 0. The van der Waals surface area contributed by atoms with E-state index in [2.05, 4.69) is 73.0 Å². The Labute approximate surface area is 221 Å². The van der Waals surface area contributed by atoms with Crippen molar-refractivity contribution in [2.24, 2.45) is 11.8 Å². The normalized spacial score (nSPS) is 17.6. The fourth-order valence-corrected chi connectivity index (χ4v) is 5.02. The van der Waals surface area contributed by atoms with E-state index in [0.29, 0.717) is 0 Å². The zero-order chi connectivity index (χ0) is 22.4. The summed E-state index contributed by atoms with van der Waals surface area (Å²) in [5.74, 6) is 1.66. The Morgan fingerprint density at radius 2 is 1.00 bits per heavy atom. The van der Waals surface area contributed by atoms with E-state index in [0.717, 1.165) is 38.0 Å². The molecule has 1 fully saturated rings. The van der Waals surface area contributed by atoms with Crippen LogP contribution >= 0.6 is 24.8 Å². The van der Waals surface area contributed by atoms with Gasteiger partial charge in [-0.25, -0.2) is 0 Å². The summed E-state index contributed by atoms with van der Waals surface area (Å²) in [6.07, 6.45) is 13.1. The predicted octanol–water partition coefficient (Wildman–Crippen LogP) is 7.90. The lowest BCUT2D eigenvalue weighted by atomic mass is 9.81. The SMILES string of the molecule is CCCCc1ccc(CNCC2CCCC(CNCc3ccc(CCCC)cc3)C2)cc1.Cl.Cl. The van der Waals surface area contributed by atoms with Crippen LogP contribution in [0.2, 0.25) is 0 Å². The summed E-state index contributed by atoms with van der Waals surface area (Å²) in [6, 6.07) is 18.5. The number of nitrogens with one attached hydrogen (secondary N) is 2. The minimum atomic E-state index is 0. The van der Waals surface area contributed by atoms with Gasteiger partial charge in [0.05, 0.1) is 0 Å². The lowest BCUT2D eigenvalue weighted by Gasteiger charge is -2.29. The predicted molar refractivity (Wildman–Crippen MR) is 153 cm³/mol. The summed E-state index contributed by atoms with van der Waals surface area (Å²) in [5.41, 5.74) is 5.79. The van der Waals surface area contributed by atoms with Crippen LogP contribution in [0, 0.1) is 11.8 Å². The summed E-state index contributed by atoms with van der Waals surface area (Å²) in [6.45, 7) is 8.85. The molecule has 0 saturated heterocycles. The van der Waals surface area contributed by atoms with Gasteiger partial charge < -0.3 is 10.6 Å². The van der Waals surface area contributed by atoms with Crippen LogP contribution in [0.15, 0.2) is 48.5 Å². The minimum absolute atomic E-state index is 0. The maximum atomic E-state index is 3.74. The van der Waals surface area contributed by atoms with Crippen molar-refractivity contribution in [3.05, 3.63) is 70.8 Å². The third kappa shape index (κ3) is 11.6. The Morgan fingerprint density at radius 1 is 0.618 bits per heavy atom. The Morgan fingerprint density at radius 3 is 1.38 bits per heavy atom. The highest BCUT2D eigenvalue weighted by Gasteiger charge is 2.21. The smallest absolute Gasteiger partial charge is 0.0205 e. The molecule has 0 heterocycles. The molecule has 192 valence electrons. The summed E-state index contributed by atoms with van der Waals surface area (Å²) in [5, 5.41) is 7.47. The molecule has 0 spiro atoms. The summed E-state index contributed by atoms with van der Waals surface area (Å²) >= 11 is 0. The Kier molecular flexibility index (Phi) is 16.6. The molecule has 0 amide bonds. The van der Waals surface area contributed by atoms with Gasteiger partial charge in [-0.05, 0) is 92.1 Å². The highest BCUT2D eigenvalue weighted by Crippen LogP contribution is 2.28. The van der Waals surface area contributed by atoms with Crippen LogP contribution in [0.1, 0.15) is 87.5 Å². The Hall–Kier alpha value is -1.06. The lowest BCUT2D eigenvalue weighted by Crippen LogP contribution is -2.31. The van der Waals surface area contributed by atoms with Gasteiger partial charge in [0.1, 0.15) is 0 Å². The molecular weight excluding hydrogens is 459 g/mol. The number of benzene rings is 2. The van der Waals surface area contributed by atoms with Crippen LogP contribution in [-0.4, -0.2) is 13.1 Å². The number of hydrogen-bond acceptors (Lipinski definition) is 2. The van der Waals surface area contributed by atoms with Crippen LogP contribution in [0.25, 0.3) is 0 Å². The minimum Gasteiger partial charge on any atom is -0.312 e. The van der Waals surface area contributed by atoms with E-state index < -0.39 is 0 Å². The first-order valence-electron chi connectivity index (χ1n) is 13.3. The Balaban J connectivity index is 0.00000289. The molecule has 4 heteroatoms. The van der Waals surface area contributed by atoms with Gasteiger partial charge >= 0.3 is 0 Å². The van der Waals surface area contributed by atoms with Crippen LogP contribution < -0.4 is 10.6 Å². The van der Waals surface area contributed by atoms with Gasteiger partial charge in [0, 0.05) is 13.1 Å². The van der Waals surface area contributed by atoms with E-state index in [4.69, 9.17) is 0 Å². The molecule has 2 nitrogen and oxygen atoms in total. The molecule has 0 aliphatic heterocycles. The van der Waals surface area contributed by atoms with Crippen LogP contribution in [0.3, 0.4) is 0 Å². The van der Waals surface area contributed by atoms with Crippen LogP contribution in [-0.2, 0) is 25.9 Å². The van der Waals surface area contributed by atoms with E-state index in [1.807, 2.05) is 0 Å². The molecular formula is C30H48Cl2N2. The largest absolute Gasteiger partial charge is 0.312 e. The van der Waals surface area contributed by atoms with E-state index in [1.165, 1.54) is 86.5 Å².